The highest BCUT2D eigenvalue weighted by Gasteiger charge is 2.51. The lowest BCUT2D eigenvalue weighted by Crippen LogP contribution is -2.65. The fraction of sp³-hybridized carbons (Fsp3) is 1.00. The van der Waals surface area contributed by atoms with Crippen molar-refractivity contribution in [3.8, 4) is 0 Å². The van der Waals surface area contributed by atoms with Crippen molar-refractivity contribution >= 4 is 0 Å². The first-order valence-electron chi connectivity index (χ1n) is 17.5. The molecule has 4 nitrogen and oxygen atoms in total. The zero-order valence-electron chi connectivity index (χ0n) is 28.3. The molecule has 4 heteroatoms. The maximum Gasteiger partial charge on any atom is 0.0351 e. The van der Waals surface area contributed by atoms with Crippen LogP contribution < -0.4 is 0 Å². The molecule has 0 spiro atoms. The van der Waals surface area contributed by atoms with E-state index >= 15 is 0 Å². The van der Waals surface area contributed by atoms with E-state index in [9.17, 15) is 0 Å². The summed E-state index contributed by atoms with van der Waals surface area (Å²) in [6, 6.07) is 1.70. The Labute approximate surface area is 249 Å². The second kappa shape index (κ2) is 10.2. The maximum atomic E-state index is 2.90. The van der Waals surface area contributed by atoms with Gasteiger partial charge in [0.2, 0.25) is 0 Å². The number of rotatable bonds is 7. The average Bonchev–Trinajstić information content (AvgIpc) is 3.47. The topological polar surface area (TPSA) is 13.0 Å². The molecular formula is C36H66N4. The van der Waals surface area contributed by atoms with E-state index in [2.05, 4.69) is 88.8 Å². The summed E-state index contributed by atoms with van der Waals surface area (Å²) in [5.74, 6) is 5.71. The second-order valence-electron chi connectivity index (χ2n) is 19.3. The Morgan fingerprint density at radius 2 is 0.825 bits per heavy atom. The molecule has 230 valence electrons. The van der Waals surface area contributed by atoms with Gasteiger partial charge in [0.1, 0.15) is 0 Å². The van der Waals surface area contributed by atoms with Crippen LogP contribution in [0.2, 0.25) is 0 Å². The van der Waals surface area contributed by atoms with Crippen LogP contribution >= 0.6 is 0 Å². The van der Waals surface area contributed by atoms with Gasteiger partial charge < -0.3 is 0 Å². The molecule has 6 fully saturated rings. The van der Waals surface area contributed by atoms with Gasteiger partial charge >= 0.3 is 0 Å². The third-order valence-electron chi connectivity index (χ3n) is 13.8. The molecule has 40 heavy (non-hydrogen) atoms. The van der Waals surface area contributed by atoms with Gasteiger partial charge in [-0.1, -0.05) is 41.5 Å². The first kappa shape index (κ1) is 29.9. The average molecular weight is 555 g/mol. The summed E-state index contributed by atoms with van der Waals surface area (Å²) < 4.78 is 0. The van der Waals surface area contributed by atoms with E-state index in [0.29, 0.717) is 21.9 Å². The van der Waals surface area contributed by atoms with Crippen LogP contribution in [0.25, 0.3) is 0 Å². The zero-order chi connectivity index (χ0) is 28.8. The number of hydrogen-bond acceptors (Lipinski definition) is 4. The third-order valence-corrected chi connectivity index (χ3v) is 13.8. The molecule has 0 aromatic rings. The van der Waals surface area contributed by atoms with Crippen molar-refractivity contribution in [3.63, 3.8) is 0 Å². The summed E-state index contributed by atoms with van der Waals surface area (Å²) >= 11 is 0. The van der Waals surface area contributed by atoms with Crippen molar-refractivity contribution in [3.05, 3.63) is 0 Å². The molecular weight excluding hydrogens is 488 g/mol. The van der Waals surface area contributed by atoms with Gasteiger partial charge in [0, 0.05) is 75.5 Å². The van der Waals surface area contributed by atoms with Crippen molar-refractivity contribution in [2.45, 2.75) is 131 Å². The molecule has 4 heterocycles. The van der Waals surface area contributed by atoms with E-state index < -0.39 is 0 Å². The summed E-state index contributed by atoms with van der Waals surface area (Å²) in [6.07, 6.45) is 8.54. The Balaban J connectivity index is 0.918. The summed E-state index contributed by atoms with van der Waals surface area (Å²) in [4.78, 5) is 11.4. The number of fused-ring (bicyclic) bond motifs is 2. The number of nitrogens with zero attached hydrogens (tertiary/aromatic N) is 4. The fourth-order valence-corrected chi connectivity index (χ4v) is 9.87. The van der Waals surface area contributed by atoms with Crippen molar-refractivity contribution in [2.24, 2.45) is 46.3 Å². The Morgan fingerprint density at radius 3 is 1.27 bits per heavy atom. The monoisotopic (exact) mass is 555 g/mol. The van der Waals surface area contributed by atoms with Crippen molar-refractivity contribution in [1.29, 1.82) is 0 Å². The number of likely N-dealkylation sites (tertiary alicyclic amines) is 4. The minimum atomic E-state index is 0.322. The highest BCUT2D eigenvalue weighted by atomic mass is 15.4. The van der Waals surface area contributed by atoms with Gasteiger partial charge in [-0.15, -0.1) is 0 Å². The van der Waals surface area contributed by atoms with E-state index in [1.807, 2.05) is 0 Å². The molecule has 0 amide bonds. The van der Waals surface area contributed by atoms with Gasteiger partial charge in [-0.3, -0.25) is 19.6 Å². The predicted molar refractivity (Wildman–Crippen MR) is 170 cm³/mol. The Kier molecular flexibility index (Phi) is 7.62. The van der Waals surface area contributed by atoms with Crippen molar-refractivity contribution < 1.29 is 0 Å². The predicted octanol–water partition coefficient (Wildman–Crippen LogP) is 6.70. The highest BCUT2D eigenvalue weighted by molar-refractivity contribution is 5.05. The normalized spacial score (nSPS) is 37.6. The summed E-state index contributed by atoms with van der Waals surface area (Å²) in [5, 5.41) is 0. The van der Waals surface area contributed by atoms with Crippen LogP contribution in [0, 0.1) is 46.3 Å². The van der Waals surface area contributed by atoms with Gasteiger partial charge in [-0.2, -0.15) is 0 Å². The molecule has 4 aliphatic heterocycles. The highest BCUT2D eigenvalue weighted by Crippen LogP contribution is 2.50. The van der Waals surface area contributed by atoms with Crippen LogP contribution in [0.3, 0.4) is 0 Å². The smallest absolute Gasteiger partial charge is 0.0351 e. The standard InChI is InChI=1S/C36H66N4/c1-33(2,3)29-13-25-17-37(18-26(25)14-29)32-23-40(24-32)36(9,10)12-11-35(7,8)39-19-27-15-31(16-28(27)20-39)38-21-30(22-38)34(4,5)6/h25-32H,11-24H2,1-10H3/t25?,26?,27-,28+,29?,31?. The molecule has 3 unspecified atom stereocenters. The minimum Gasteiger partial charge on any atom is -0.300 e. The molecule has 0 N–H and O–H groups in total. The second-order valence-corrected chi connectivity index (χ2v) is 19.3. The molecule has 2 saturated carbocycles. The summed E-state index contributed by atoms with van der Waals surface area (Å²) in [7, 11) is 0. The lowest BCUT2D eigenvalue weighted by molar-refractivity contribution is -0.0347. The zero-order valence-corrected chi connectivity index (χ0v) is 28.3. The summed E-state index contributed by atoms with van der Waals surface area (Å²) in [5.41, 5.74) is 1.63. The molecule has 0 radical (unpaired) electrons. The van der Waals surface area contributed by atoms with Crippen LogP contribution in [0.4, 0.5) is 0 Å². The fourth-order valence-electron chi connectivity index (χ4n) is 9.87. The molecule has 0 aromatic carbocycles. The molecule has 6 rings (SSSR count). The molecule has 4 saturated heterocycles. The molecule has 5 atom stereocenters. The lowest BCUT2D eigenvalue weighted by Gasteiger charge is -2.53. The third kappa shape index (κ3) is 5.71. The van der Waals surface area contributed by atoms with E-state index in [1.165, 1.54) is 90.9 Å². The van der Waals surface area contributed by atoms with E-state index in [1.54, 1.807) is 0 Å². The quantitative estimate of drug-likeness (QED) is 0.347. The summed E-state index contributed by atoms with van der Waals surface area (Å²) in [6.45, 7) is 35.6. The Bertz CT molecular complexity index is 871. The van der Waals surface area contributed by atoms with Crippen LogP contribution in [-0.2, 0) is 0 Å². The number of hydrogen-bond donors (Lipinski definition) is 0. The lowest BCUT2D eigenvalue weighted by atomic mass is 9.75. The van der Waals surface area contributed by atoms with Crippen LogP contribution in [-0.4, -0.2) is 95.1 Å². The van der Waals surface area contributed by atoms with Crippen molar-refractivity contribution in [2.75, 3.05) is 52.4 Å². The maximum absolute atomic E-state index is 2.90. The van der Waals surface area contributed by atoms with Gasteiger partial charge in [0.15, 0.2) is 0 Å². The van der Waals surface area contributed by atoms with Gasteiger partial charge in [-0.25, -0.2) is 0 Å². The van der Waals surface area contributed by atoms with Gasteiger partial charge in [0.25, 0.3) is 0 Å². The molecule has 2 aliphatic carbocycles. The largest absolute Gasteiger partial charge is 0.300 e. The Morgan fingerprint density at radius 1 is 0.425 bits per heavy atom. The molecule has 6 aliphatic rings. The first-order valence-corrected chi connectivity index (χ1v) is 17.5. The minimum absolute atomic E-state index is 0.322. The molecule has 0 bridgehead atoms. The van der Waals surface area contributed by atoms with E-state index in [0.717, 1.165) is 47.6 Å². The Hall–Kier alpha value is -0.160. The van der Waals surface area contributed by atoms with Crippen molar-refractivity contribution in [1.82, 2.24) is 19.6 Å². The van der Waals surface area contributed by atoms with Crippen LogP contribution in [0.15, 0.2) is 0 Å². The van der Waals surface area contributed by atoms with Gasteiger partial charge in [-0.05, 0) is 113 Å². The SMILES string of the molecule is CC(C)(C)C1CC2CN(C3CN(C(C)(C)CCC(C)(C)N4C[C@H]5CC(N6CC(C(C)(C)C)C6)C[C@H]5C4)C3)CC2C1. The molecule has 0 aromatic heterocycles. The van der Waals surface area contributed by atoms with Crippen LogP contribution in [0.1, 0.15) is 108 Å². The van der Waals surface area contributed by atoms with E-state index in [4.69, 9.17) is 0 Å². The van der Waals surface area contributed by atoms with E-state index in [-0.39, 0.29) is 0 Å². The van der Waals surface area contributed by atoms with Gasteiger partial charge in [0.05, 0.1) is 0 Å². The van der Waals surface area contributed by atoms with Crippen LogP contribution in [0.5, 0.6) is 0 Å². The first-order chi connectivity index (χ1) is 18.5.